The molecule has 6 heteroatoms. The van der Waals surface area contributed by atoms with E-state index in [1.165, 1.54) is 18.9 Å². The third-order valence-corrected chi connectivity index (χ3v) is 3.53. The van der Waals surface area contributed by atoms with Crippen LogP contribution in [0.2, 0.25) is 0 Å². The predicted molar refractivity (Wildman–Crippen MR) is 73.0 cm³/mol. The highest BCUT2D eigenvalue weighted by Crippen LogP contribution is 2.23. The molecular weight excluding hydrogens is 264 g/mol. The van der Waals surface area contributed by atoms with E-state index in [1.54, 1.807) is 13.8 Å². The van der Waals surface area contributed by atoms with Gasteiger partial charge in [-0.1, -0.05) is 11.8 Å². The Kier molecular flexibility index (Phi) is 5.05. The Bertz CT molecular complexity index is 480. The summed E-state index contributed by atoms with van der Waals surface area (Å²) in [7, 11) is 1.28. The number of Topliss-reactive ketones (excluding diaryl/α,β-unsaturated/α-hetero) is 1. The molecule has 0 spiro atoms. The summed E-state index contributed by atoms with van der Waals surface area (Å²) in [6.07, 6.45) is 0. The summed E-state index contributed by atoms with van der Waals surface area (Å²) in [6.45, 7) is 6.87. The first-order chi connectivity index (χ1) is 8.77. The smallest absolute Gasteiger partial charge is 0.318 e. The van der Waals surface area contributed by atoms with Crippen molar-refractivity contribution < 1.29 is 14.3 Å². The molecule has 0 aliphatic heterocycles. The highest BCUT2D eigenvalue weighted by molar-refractivity contribution is 7.99. The maximum atomic E-state index is 12.0. The quantitative estimate of drug-likeness (QED) is 0.356. The van der Waals surface area contributed by atoms with Crippen LogP contribution in [0.25, 0.3) is 0 Å². The number of hydrogen-bond acceptors (Lipinski definition) is 6. The number of esters is 1. The molecule has 0 radical (unpaired) electrons. The van der Waals surface area contributed by atoms with Gasteiger partial charge in [-0.15, -0.1) is 0 Å². The van der Waals surface area contributed by atoms with Crippen LogP contribution in [0.4, 0.5) is 0 Å². The van der Waals surface area contributed by atoms with E-state index >= 15 is 0 Å². The van der Waals surface area contributed by atoms with Gasteiger partial charge in [-0.3, -0.25) is 9.59 Å². The minimum Gasteiger partial charge on any atom is -0.468 e. The summed E-state index contributed by atoms with van der Waals surface area (Å²) in [5.74, 6) is -0.586. The van der Waals surface area contributed by atoms with E-state index in [0.717, 1.165) is 11.4 Å². The van der Waals surface area contributed by atoms with Gasteiger partial charge in [0.25, 0.3) is 0 Å². The van der Waals surface area contributed by atoms with E-state index < -0.39 is 11.4 Å². The van der Waals surface area contributed by atoms with Crippen LogP contribution in [-0.2, 0) is 14.3 Å². The van der Waals surface area contributed by atoms with Gasteiger partial charge in [-0.05, 0) is 33.8 Å². The highest BCUT2D eigenvalue weighted by Gasteiger charge is 2.36. The molecule has 19 heavy (non-hydrogen) atoms. The monoisotopic (exact) mass is 282 g/mol. The lowest BCUT2D eigenvalue weighted by molar-refractivity contribution is -0.154. The fourth-order valence-electron chi connectivity index (χ4n) is 1.44. The van der Waals surface area contributed by atoms with Crippen LogP contribution in [0.15, 0.2) is 11.2 Å². The number of ketones is 1. The summed E-state index contributed by atoms with van der Waals surface area (Å²) in [5, 5.41) is 0.548. The topological polar surface area (TPSA) is 69.2 Å². The molecule has 0 aliphatic carbocycles. The van der Waals surface area contributed by atoms with Crippen LogP contribution < -0.4 is 0 Å². The molecule has 0 fully saturated rings. The number of rotatable bonds is 5. The fourth-order valence-corrected chi connectivity index (χ4v) is 2.48. The van der Waals surface area contributed by atoms with Crippen LogP contribution in [0.5, 0.6) is 0 Å². The lowest BCUT2D eigenvalue weighted by Crippen LogP contribution is -2.35. The summed E-state index contributed by atoms with van der Waals surface area (Å²) in [5.41, 5.74) is 0.574. The van der Waals surface area contributed by atoms with Gasteiger partial charge in [0.1, 0.15) is 5.41 Å². The van der Waals surface area contributed by atoms with E-state index in [9.17, 15) is 9.59 Å². The Balaban J connectivity index is 2.71. The van der Waals surface area contributed by atoms with Crippen LogP contribution in [0.1, 0.15) is 25.2 Å². The van der Waals surface area contributed by atoms with Gasteiger partial charge in [0.05, 0.1) is 12.9 Å². The zero-order valence-electron chi connectivity index (χ0n) is 11.8. The first-order valence-corrected chi connectivity index (χ1v) is 6.82. The van der Waals surface area contributed by atoms with Crippen molar-refractivity contribution in [2.75, 3.05) is 12.9 Å². The minimum atomic E-state index is -1.14. The number of carbonyl (C=O) groups excluding carboxylic acids is 2. The van der Waals surface area contributed by atoms with Crippen molar-refractivity contribution in [3.8, 4) is 0 Å². The van der Waals surface area contributed by atoms with Crippen molar-refractivity contribution in [3.63, 3.8) is 0 Å². The van der Waals surface area contributed by atoms with Crippen molar-refractivity contribution in [2.24, 2.45) is 5.41 Å². The molecule has 5 nitrogen and oxygen atoms in total. The number of thioether (sulfide) groups is 1. The molecule has 0 saturated carbocycles. The normalized spacial score (nSPS) is 11.2. The zero-order chi connectivity index (χ0) is 14.6. The maximum Gasteiger partial charge on any atom is 0.318 e. The van der Waals surface area contributed by atoms with Crippen molar-refractivity contribution in [2.45, 2.75) is 32.9 Å². The Morgan fingerprint density at radius 3 is 2.26 bits per heavy atom. The lowest BCUT2D eigenvalue weighted by atomic mass is 9.89. The molecule has 1 aromatic heterocycles. The Labute approximate surface area is 117 Å². The average molecular weight is 282 g/mol. The third-order valence-electron chi connectivity index (χ3n) is 2.69. The van der Waals surface area contributed by atoms with E-state index in [1.807, 2.05) is 19.9 Å². The number of ether oxygens (including phenoxy) is 1. The van der Waals surface area contributed by atoms with E-state index in [-0.39, 0.29) is 11.5 Å². The predicted octanol–water partition coefficient (Wildman–Crippen LogP) is 1.95. The third kappa shape index (κ3) is 4.02. The number of carbonyl (C=O) groups is 2. The van der Waals surface area contributed by atoms with E-state index in [2.05, 4.69) is 14.7 Å². The van der Waals surface area contributed by atoms with Crippen LogP contribution in [0.3, 0.4) is 0 Å². The number of methoxy groups -OCH3 is 1. The van der Waals surface area contributed by atoms with Gasteiger partial charge < -0.3 is 4.74 Å². The van der Waals surface area contributed by atoms with Gasteiger partial charge in [0.15, 0.2) is 10.9 Å². The van der Waals surface area contributed by atoms with Gasteiger partial charge >= 0.3 is 5.97 Å². The number of hydrogen-bond donors (Lipinski definition) is 0. The first kappa shape index (κ1) is 15.6. The molecule has 0 amide bonds. The number of nitrogens with zero attached hydrogens (tertiary/aromatic N) is 2. The second kappa shape index (κ2) is 6.14. The molecule has 1 rings (SSSR count). The maximum absolute atomic E-state index is 12.0. The average Bonchev–Trinajstić information content (AvgIpc) is 2.33. The summed E-state index contributed by atoms with van der Waals surface area (Å²) >= 11 is 1.23. The minimum absolute atomic E-state index is 0.144. The SMILES string of the molecule is COC(=O)C(C)(C)C(=O)CSc1nc(C)cc(C)n1. The second-order valence-electron chi connectivity index (χ2n) is 4.76. The number of aromatic nitrogens is 2. The summed E-state index contributed by atoms with van der Waals surface area (Å²) < 4.78 is 4.63. The van der Waals surface area contributed by atoms with Gasteiger partial charge in [-0.2, -0.15) is 0 Å². The molecule has 0 saturated heterocycles. The standard InChI is InChI=1S/C13H18N2O3S/c1-8-6-9(2)15-12(14-8)19-7-10(16)13(3,4)11(17)18-5/h6H,7H2,1-5H3. The highest BCUT2D eigenvalue weighted by atomic mass is 32.2. The van der Waals surface area contributed by atoms with Crippen molar-refractivity contribution in [1.82, 2.24) is 9.97 Å². The van der Waals surface area contributed by atoms with Gasteiger partial charge in [-0.25, -0.2) is 9.97 Å². The van der Waals surface area contributed by atoms with Gasteiger partial charge in [0.2, 0.25) is 0 Å². The molecule has 0 unspecified atom stereocenters. The van der Waals surface area contributed by atoms with Crippen LogP contribution >= 0.6 is 11.8 Å². The molecule has 1 heterocycles. The molecular formula is C13H18N2O3S. The second-order valence-corrected chi connectivity index (χ2v) is 5.70. The Morgan fingerprint density at radius 1 is 1.26 bits per heavy atom. The molecule has 0 atom stereocenters. The summed E-state index contributed by atoms with van der Waals surface area (Å²) in [4.78, 5) is 32.0. The van der Waals surface area contributed by atoms with Crippen molar-refractivity contribution in [3.05, 3.63) is 17.5 Å². The molecule has 0 N–H and O–H groups in total. The zero-order valence-corrected chi connectivity index (χ0v) is 12.6. The molecule has 0 aromatic carbocycles. The first-order valence-electron chi connectivity index (χ1n) is 5.84. The van der Waals surface area contributed by atoms with Crippen molar-refractivity contribution >= 4 is 23.5 Å². The molecule has 1 aromatic rings. The van der Waals surface area contributed by atoms with Crippen molar-refractivity contribution in [1.29, 1.82) is 0 Å². The molecule has 104 valence electrons. The molecule has 0 bridgehead atoms. The van der Waals surface area contributed by atoms with Gasteiger partial charge in [0, 0.05) is 11.4 Å². The molecule has 0 aliphatic rings. The Morgan fingerprint density at radius 2 is 1.79 bits per heavy atom. The largest absolute Gasteiger partial charge is 0.468 e. The van der Waals surface area contributed by atoms with E-state index in [0.29, 0.717) is 5.16 Å². The van der Waals surface area contributed by atoms with Crippen LogP contribution in [-0.4, -0.2) is 34.6 Å². The number of aryl methyl sites for hydroxylation is 2. The van der Waals surface area contributed by atoms with E-state index in [4.69, 9.17) is 0 Å². The lowest BCUT2D eigenvalue weighted by Gasteiger charge is -2.19. The van der Waals surface area contributed by atoms with Crippen LogP contribution in [0, 0.1) is 19.3 Å². The fraction of sp³-hybridized carbons (Fsp3) is 0.538. The summed E-state index contributed by atoms with van der Waals surface area (Å²) in [6, 6.07) is 1.87. The Hall–Kier alpha value is -1.43.